The Bertz CT molecular complexity index is 1110. The van der Waals surface area contributed by atoms with Gasteiger partial charge in [-0.2, -0.15) is 0 Å². The van der Waals surface area contributed by atoms with Crippen LogP contribution >= 0.6 is 0 Å². The second-order valence-corrected chi connectivity index (χ2v) is 14.2. The molecule has 0 amide bonds. The largest absolute Gasteiger partial charge is 0.457 e. The summed E-state index contributed by atoms with van der Waals surface area (Å²) in [5.41, 5.74) is -0.977. The lowest BCUT2D eigenvalue weighted by Crippen LogP contribution is -2.69. The van der Waals surface area contributed by atoms with Gasteiger partial charge in [-0.3, -0.25) is 14.4 Å². The fourth-order valence-electron chi connectivity index (χ4n) is 8.79. The van der Waals surface area contributed by atoms with E-state index in [0.29, 0.717) is 31.3 Å². The van der Waals surface area contributed by atoms with E-state index in [1.165, 1.54) is 12.2 Å². The molecule has 7 nitrogen and oxygen atoms in total. The van der Waals surface area contributed by atoms with Gasteiger partial charge in [0, 0.05) is 22.3 Å². The van der Waals surface area contributed by atoms with Crippen molar-refractivity contribution in [3.05, 3.63) is 23.8 Å². The average molecular weight is 534 g/mol. The third-order valence-electron chi connectivity index (χ3n) is 10.4. The van der Waals surface area contributed by atoms with Crippen LogP contribution in [0.2, 0.25) is 0 Å². The van der Waals surface area contributed by atoms with E-state index in [4.69, 9.17) is 10.5 Å². The lowest BCUT2D eigenvalue weighted by atomic mass is 9.44. The molecule has 3 fully saturated rings. The van der Waals surface area contributed by atoms with Gasteiger partial charge in [-0.25, -0.2) is 4.39 Å². The number of hydrogen-bond acceptors (Lipinski definition) is 7. The molecule has 0 aromatic heterocycles. The van der Waals surface area contributed by atoms with Crippen molar-refractivity contribution in [2.75, 3.05) is 6.61 Å². The van der Waals surface area contributed by atoms with E-state index in [9.17, 15) is 24.6 Å². The number of aliphatic hydroxyl groups is 2. The van der Waals surface area contributed by atoms with E-state index in [-0.39, 0.29) is 18.1 Å². The van der Waals surface area contributed by atoms with Crippen molar-refractivity contribution in [1.29, 1.82) is 0 Å². The van der Waals surface area contributed by atoms with E-state index in [1.54, 1.807) is 40.7 Å². The third kappa shape index (κ3) is 3.96. The van der Waals surface area contributed by atoms with Gasteiger partial charge < -0.3 is 20.7 Å². The topological polar surface area (TPSA) is 127 Å². The molecule has 0 spiro atoms. The zero-order valence-corrected chi connectivity index (χ0v) is 23.8. The number of Topliss-reactive ketones (excluding diaryl/α,β-unsaturated/α-hetero) is 1. The van der Waals surface area contributed by atoms with Gasteiger partial charge in [-0.1, -0.05) is 25.5 Å². The second kappa shape index (κ2) is 8.80. The van der Waals surface area contributed by atoms with Gasteiger partial charge in [0.25, 0.3) is 0 Å². The highest BCUT2D eigenvalue weighted by molar-refractivity contribution is 6.01. The summed E-state index contributed by atoms with van der Waals surface area (Å²) in [7, 11) is 0. The SMILES string of the molecule is CC1CC2C3CCC4=CC(=O)C=CC4(C)C3(F)C(O)CC2(C)C1(O)C(=O)COC(=O)C(C)(C)CC(C)(C)N. The molecule has 0 bridgehead atoms. The van der Waals surface area contributed by atoms with Gasteiger partial charge in [-0.05, 0) is 90.7 Å². The number of aliphatic hydroxyl groups excluding tert-OH is 1. The summed E-state index contributed by atoms with van der Waals surface area (Å²) in [6, 6.07) is 0. The lowest BCUT2D eigenvalue weighted by molar-refractivity contribution is -0.220. The first-order valence-corrected chi connectivity index (χ1v) is 13.8. The Balaban J connectivity index is 1.61. The normalized spacial score (nSPS) is 42.6. The van der Waals surface area contributed by atoms with Crippen LogP contribution in [-0.4, -0.2) is 57.3 Å². The summed E-state index contributed by atoms with van der Waals surface area (Å²) < 4.78 is 22.7. The second-order valence-electron chi connectivity index (χ2n) is 14.2. The van der Waals surface area contributed by atoms with E-state index in [2.05, 4.69) is 0 Å². The zero-order chi connectivity index (χ0) is 28.7. The summed E-state index contributed by atoms with van der Waals surface area (Å²) in [4.78, 5) is 38.5. The van der Waals surface area contributed by atoms with Crippen LogP contribution in [0, 0.1) is 34.0 Å². The van der Waals surface area contributed by atoms with E-state index < -0.39 is 69.4 Å². The molecule has 0 aliphatic heterocycles. The third-order valence-corrected chi connectivity index (χ3v) is 10.4. The van der Waals surface area contributed by atoms with Crippen molar-refractivity contribution in [2.24, 2.45) is 39.7 Å². The lowest BCUT2D eigenvalue weighted by Gasteiger charge is -2.62. The molecular weight excluding hydrogens is 489 g/mol. The molecule has 0 radical (unpaired) electrons. The van der Waals surface area contributed by atoms with E-state index in [1.807, 2.05) is 13.8 Å². The van der Waals surface area contributed by atoms with Crippen molar-refractivity contribution in [2.45, 2.75) is 103 Å². The summed E-state index contributed by atoms with van der Waals surface area (Å²) in [6.45, 7) is 11.7. The number of allylic oxidation sites excluding steroid dienone is 4. The summed E-state index contributed by atoms with van der Waals surface area (Å²) in [6.07, 6.45) is 4.51. The smallest absolute Gasteiger partial charge is 0.312 e. The number of nitrogens with two attached hydrogens (primary N) is 1. The van der Waals surface area contributed by atoms with Crippen molar-refractivity contribution >= 4 is 17.5 Å². The Kier molecular flexibility index (Phi) is 6.74. The maximum absolute atomic E-state index is 17.3. The first-order valence-electron chi connectivity index (χ1n) is 13.8. The average Bonchev–Trinajstić information content (AvgIpc) is 2.98. The van der Waals surface area contributed by atoms with E-state index >= 15 is 4.39 Å². The molecule has 0 aromatic carbocycles. The Morgan fingerprint density at radius 2 is 1.84 bits per heavy atom. The summed E-state index contributed by atoms with van der Waals surface area (Å²) in [5, 5.41) is 23.5. The van der Waals surface area contributed by atoms with Crippen molar-refractivity contribution in [3.8, 4) is 0 Å². The Labute approximate surface area is 225 Å². The summed E-state index contributed by atoms with van der Waals surface area (Å²) in [5.74, 6) is -2.91. The number of esters is 1. The first kappa shape index (κ1) is 29.1. The van der Waals surface area contributed by atoms with Gasteiger partial charge >= 0.3 is 5.97 Å². The monoisotopic (exact) mass is 533 g/mol. The molecular formula is C30H44FNO6. The minimum absolute atomic E-state index is 0.122. The molecule has 4 aliphatic rings. The molecule has 0 aromatic rings. The van der Waals surface area contributed by atoms with Gasteiger partial charge in [0.2, 0.25) is 5.78 Å². The number of carbonyl (C=O) groups is 3. The van der Waals surface area contributed by atoms with Gasteiger partial charge in [-0.15, -0.1) is 0 Å². The van der Waals surface area contributed by atoms with Crippen LogP contribution in [0.4, 0.5) is 4.39 Å². The van der Waals surface area contributed by atoms with E-state index in [0.717, 1.165) is 0 Å². The number of carbonyl (C=O) groups excluding carboxylic acids is 3. The van der Waals surface area contributed by atoms with Crippen LogP contribution in [0.3, 0.4) is 0 Å². The molecule has 3 saturated carbocycles. The minimum atomic E-state index is -2.04. The highest BCUT2D eigenvalue weighted by Gasteiger charge is 2.75. The molecule has 8 unspecified atom stereocenters. The van der Waals surface area contributed by atoms with Gasteiger partial charge in [0.05, 0.1) is 11.5 Å². The van der Waals surface area contributed by atoms with Crippen molar-refractivity contribution in [1.82, 2.24) is 0 Å². The Morgan fingerprint density at radius 1 is 1.21 bits per heavy atom. The molecule has 4 rings (SSSR count). The van der Waals surface area contributed by atoms with Crippen LogP contribution in [0.1, 0.15) is 80.6 Å². The molecule has 4 aliphatic carbocycles. The molecule has 8 heteroatoms. The fraction of sp³-hybridized carbons (Fsp3) is 0.767. The van der Waals surface area contributed by atoms with Crippen molar-refractivity contribution < 1.29 is 33.7 Å². The number of halogens is 1. The maximum Gasteiger partial charge on any atom is 0.312 e. The maximum atomic E-state index is 17.3. The number of ether oxygens (including phenoxy) is 1. The van der Waals surface area contributed by atoms with Gasteiger partial charge in [0.15, 0.2) is 18.1 Å². The molecule has 4 N–H and O–H groups in total. The van der Waals surface area contributed by atoms with Crippen LogP contribution in [-0.2, 0) is 19.1 Å². The predicted molar refractivity (Wildman–Crippen MR) is 140 cm³/mol. The number of hydrogen-bond donors (Lipinski definition) is 3. The number of fused-ring (bicyclic) bond motifs is 5. The molecule has 0 heterocycles. The fourth-order valence-corrected chi connectivity index (χ4v) is 8.79. The predicted octanol–water partition coefficient (Wildman–Crippen LogP) is 3.60. The number of alkyl halides is 1. The van der Waals surface area contributed by atoms with Crippen LogP contribution in [0.5, 0.6) is 0 Å². The highest BCUT2D eigenvalue weighted by atomic mass is 19.1. The highest BCUT2D eigenvalue weighted by Crippen LogP contribution is 2.70. The molecule has 212 valence electrons. The quantitative estimate of drug-likeness (QED) is 0.445. The first-order chi connectivity index (χ1) is 17.2. The Morgan fingerprint density at radius 3 is 2.45 bits per heavy atom. The Hall–Kier alpha value is -1.90. The van der Waals surface area contributed by atoms with Crippen LogP contribution in [0.25, 0.3) is 0 Å². The molecule has 38 heavy (non-hydrogen) atoms. The standard InChI is InChI=1S/C30H44FNO6/c1-17-12-21-20-9-8-18-13-19(33)10-11-27(18,6)29(20,31)22(34)14-28(21,7)30(17,37)23(35)15-38-24(36)25(2,3)16-26(4,5)32/h10-11,13,17,20-22,34,37H,8-9,12,14-16,32H2,1-7H3. The summed E-state index contributed by atoms with van der Waals surface area (Å²) >= 11 is 0. The number of rotatable bonds is 6. The van der Waals surface area contributed by atoms with Crippen LogP contribution in [0.15, 0.2) is 23.8 Å². The van der Waals surface area contributed by atoms with Crippen molar-refractivity contribution in [3.63, 3.8) is 0 Å². The van der Waals surface area contributed by atoms with Crippen LogP contribution < -0.4 is 5.73 Å². The molecule has 8 atom stereocenters. The van der Waals surface area contributed by atoms with Gasteiger partial charge in [0.1, 0.15) is 5.60 Å². The minimum Gasteiger partial charge on any atom is -0.457 e. The molecule has 0 saturated heterocycles. The zero-order valence-electron chi connectivity index (χ0n) is 23.8. The number of ketones is 2.